The van der Waals surface area contributed by atoms with Crippen LogP contribution in [0.15, 0.2) is 29.2 Å². The number of fused-ring (bicyclic) bond motifs is 1. The normalized spacial score (nSPS) is 29.8. The molecule has 7 heteroatoms. The molecule has 0 bridgehead atoms. The molecule has 0 aromatic heterocycles. The van der Waals surface area contributed by atoms with E-state index in [9.17, 15) is 13.2 Å². The van der Waals surface area contributed by atoms with Crippen LogP contribution in [-0.2, 0) is 19.6 Å². The van der Waals surface area contributed by atoms with E-state index in [0.29, 0.717) is 6.42 Å². The molecule has 144 valence electrons. The number of hydrogen-bond acceptors (Lipinski definition) is 5. The maximum absolute atomic E-state index is 13.4. The summed E-state index contributed by atoms with van der Waals surface area (Å²) in [7, 11) is -3.80. The summed E-state index contributed by atoms with van der Waals surface area (Å²) >= 11 is 0. The second-order valence-electron chi connectivity index (χ2n) is 7.33. The Morgan fingerprint density at radius 1 is 1.23 bits per heavy atom. The Balaban J connectivity index is 2.03. The number of esters is 1. The molecule has 1 aromatic carbocycles. The van der Waals surface area contributed by atoms with E-state index in [2.05, 4.69) is 0 Å². The van der Waals surface area contributed by atoms with Crippen molar-refractivity contribution in [2.75, 3.05) is 6.61 Å². The molecule has 1 aliphatic heterocycles. The number of nitrogens with two attached hydrogens (primary N) is 1. The molecular formula is C19H28N2O4S. The van der Waals surface area contributed by atoms with Crippen LogP contribution >= 0.6 is 0 Å². The predicted molar refractivity (Wildman–Crippen MR) is 99.0 cm³/mol. The van der Waals surface area contributed by atoms with E-state index >= 15 is 0 Å². The quantitative estimate of drug-likeness (QED) is 0.809. The van der Waals surface area contributed by atoms with Gasteiger partial charge in [-0.15, -0.1) is 0 Å². The number of hydrogen-bond donors (Lipinski definition) is 1. The second kappa shape index (κ2) is 7.66. The number of sulfonamides is 1. The maximum atomic E-state index is 13.4. The largest absolute Gasteiger partial charge is 0.465 e. The Morgan fingerprint density at radius 3 is 2.54 bits per heavy atom. The lowest BCUT2D eigenvalue weighted by molar-refractivity contribution is -0.147. The first-order valence-corrected chi connectivity index (χ1v) is 10.8. The fourth-order valence-electron chi connectivity index (χ4n) is 4.30. The molecule has 1 aromatic rings. The first-order valence-electron chi connectivity index (χ1n) is 9.38. The van der Waals surface area contributed by atoms with E-state index in [1.165, 1.54) is 4.31 Å². The Hall–Kier alpha value is -1.44. The molecule has 0 radical (unpaired) electrons. The second-order valence-corrected chi connectivity index (χ2v) is 9.17. The summed E-state index contributed by atoms with van der Waals surface area (Å²) in [6.45, 7) is 3.87. The van der Waals surface area contributed by atoms with Crippen LogP contribution in [0, 0.1) is 12.8 Å². The van der Waals surface area contributed by atoms with Crippen LogP contribution < -0.4 is 5.73 Å². The number of benzene rings is 1. The van der Waals surface area contributed by atoms with Crippen molar-refractivity contribution < 1.29 is 17.9 Å². The number of nitrogens with zero attached hydrogens (tertiary/aromatic N) is 1. The van der Waals surface area contributed by atoms with Gasteiger partial charge in [0.1, 0.15) is 6.04 Å². The van der Waals surface area contributed by atoms with Gasteiger partial charge in [-0.1, -0.05) is 30.5 Å². The zero-order chi connectivity index (χ0) is 18.9. The van der Waals surface area contributed by atoms with Gasteiger partial charge < -0.3 is 10.5 Å². The van der Waals surface area contributed by atoms with E-state index in [-0.39, 0.29) is 29.5 Å². The summed E-state index contributed by atoms with van der Waals surface area (Å²) in [5.41, 5.74) is 7.33. The Labute approximate surface area is 155 Å². The molecule has 2 fully saturated rings. The van der Waals surface area contributed by atoms with Gasteiger partial charge >= 0.3 is 5.97 Å². The molecule has 0 spiro atoms. The van der Waals surface area contributed by atoms with Gasteiger partial charge in [0.15, 0.2) is 0 Å². The number of carbonyl (C=O) groups excluding carboxylic acids is 1. The van der Waals surface area contributed by atoms with E-state index in [0.717, 1.165) is 31.2 Å². The Kier molecular flexibility index (Phi) is 5.69. The van der Waals surface area contributed by atoms with E-state index in [1.54, 1.807) is 31.2 Å². The highest BCUT2D eigenvalue weighted by Crippen LogP contribution is 2.41. The highest BCUT2D eigenvalue weighted by atomic mass is 32.2. The average molecular weight is 381 g/mol. The van der Waals surface area contributed by atoms with Crippen LogP contribution in [0.25, 0.3) is 0 Å². The monoisotopic (exact) mass is 380 g/mol. The van der Waals surface area contributed by atoms with E-state index in [1.807, 2.05) is 6.92 Å². The van der Waals surface area contributed by atoms with Gasteiger partial charge in [0.05, 0.1) is 11.5 Å². The number of aryl methyl sites for hydroxylation is 1. The van der Waals surface area contributed by atoms with Gasteiger partial charge in [-0.2, -0.15) is 4.31 Å². The first kappa shape index (κ1) is 19.3. The first-order chi connectivity index (χ1) is 12.4. The minimum Gasteiger partial charge on any atom is -0.465 e. The lowest BCUT2D eigenvalue weighted by Gasteiger charge is -2.30. The van der Waals surface area contributed by atoms with Crippen molar-refractivity contribution in [3.05, 3.63) is 29.8 Å². The van der Waals surface area contributed by atoms with Crippen molar-refractivity contribution >= 4 is 16.0 Å². The molecule has 1 heterocycles. The summed E-state index contributed by atoms with van der Waals surface area (Å²) in [5.74, 6) is -0.476. The molecule has 2 aliphatic rings. The van der Waals surface area contributed by atoms with Crippen LogP contribution in [0.1, 0.15) is 44.6 Å². The van der Waals surface area contributed by atoms with Crippen molar-refractivity contribution in [3.8, 4) is 0 Å². The van der Waals surface area contributed by atoms with Crippen molar-refractivity contribution in [1.82, 2.24) is 4.31 Å². The smallest absolute Gasteiger partial charge is 0.324 e. The third-order valence-electron chi connectivity index (χ3n) is 5.62. The zero-order valence-electron chi connectivity index (χ0n) is 15.4. The Morgan fingerprint density at radius 2 is 1.88 bits per heavy atom. The van der Waals surface area contributed by atoms with Gasteiger partial charge in [-0.3, -0.25) is 4.79 Å². The van der Waals surface area contributed by atoms with E-state index in [4.69, 9.17) is 10.5 Å². The molecule has 0 unspecified atom stereocenters. The highest BCUT2D eigenvalue weighted by Gasteiger charge is 2.52. The van der Waals surface area contributed by atoms with Gasteiger partial charge in [0.25, 0.3) is 0 Å². The molecular weight excluding hydrogens is 352 g/mol. The standard InChI is InChI=1S/C19H28N2O4S/c1-3-25-19(22)18-12-15-16(20)6-4-5-7-17(15)21(18)26(23,24)14-10-8-13(2)9-11-14/h8-11,15-18H,3-7,12,20H2,1-2H3/t15-,16-,17+,18+/m0/s1. The van der Waals surface area contributed by atoms with Gasteiger partial charge in [0, 0.05) is 12.1 Å². The molecule has 2 N–H and O–H groups in total. The Bertz CT molecular complexity index is 747. The van der Waals surface area contributed by atoms with Crippen LogP contribution in [0.5, 0.6) is 0 Å². The molecule has 1 saturated heterocycles. The van der Waals surface area contributed by atoms with Gasteiger partial charge in [0.2, 0.25) is 10.0 Å². The number of rotatable bonds is 4. The van der Waals surface area contributed by atoms with Crippen LogP contribution in [0.2, 0.25) is 0 Å². The topological polar surface area (TPSA) is 89.7 Å². The minimum absolute atomic E-state index is 0.00729. The predicted octanol–water partition coefficient (Wildman–Crippen LogP) is 2.21. The van der Waals surface area contributed by atoms with E-state index < -0.39 is 22.0 Å². The average Bonchev–Trinajstić information content (AvgIpc) is 2.91. The van der Waals surface area contributed by atoms with Gasteiger partial charge in [-0.05, 0) is 51.2 Å². The van der Waals surface area contributed by atoms with Crippen molar-refractivity contribution in [3.63, 3.8) is 0 Å². The van der Waals surface area contributed by atoms with Gasteiger partial charge in [-0.25, -0.2) is 8.42 Å². The van der Waals surface area contributed by atoms with Crippen LogP contribution in [0.3, 0.4) is 0 Å². The highest BCUT2D eigenvalue weighted by molar-refractivity contribution is 7.89. The van der Waals surface area contributed by atoms with Crippen LogP contribution in [0.4, 0.5) is 0 Å². The van der Waals surface area contributed by atoms with Crippen molar-refractivity contribution in [2.45, 2.75) is 69.0 Å². The third kappa shape index (κ3) is 3.52. The zero-order valence-corrected chi connectivity index (χ0v) is 16.2. The molecule has 6 nitrogen and oxygen atoms in total. The number of carbonyl (C=O) groups is 1. The summed E-state index contributed by atoms with van der Waals surface area (Å²) in [4.78, 5) is 12.8. The molecule has 1 saturated carbocycles. The van der Waals surface area contributed by atoms with Crippen molar-refractivity contribution in [2.24, 2.45) is 11.7 Å². The fourth-order valence-corrected chi connectivity index (χ4v) is 6.15. The third-order valence-corrected chi connectivity index (χ3v) is 7.56. The summed E-state index contributed by atoms with van der Waals surface area (Å²) in [6, 6.07) is 5.65. The maximum Gasteiger partial charge on any atom is 0.324 e. The fraction of sp³-hybridized carbons (Fsp3) is 0.632. The minimum atomic E-state index is -3.80. The number of ether oxygens (including phenoxy) is 1. The summed E-state index contributed by atoms with van der Waals surface area (Å²) in [6.07, 6.45) is 3.96. The summed E-state index contributed by atoms with van der Waals surface area (Å²) in [5, 5.41) is 0. The molecule has 1 aliphatic carbocycles. The lowest BCUT2D eigenvalue weighted by atomic mass is 9.90. The summed E-state index contributed by atoms with van der Waals surface area (Å²) < 4.78 is 33.4. The molecule has 3 rings (SSSR count). The molecule has 4 atom stereocenters. The SMILES string of the molecule is CCOC(=O)[C@H]1C[C@@H]2[C@@H](CCCC[C@@H]2N)N1S(=O)(=O)c1ccc(C)cc1. The van der Waals surface area contributed by atoms with Crippen molar-refractivity contribution in [1.29, 1.82) is 0 Å². The van der Waals surface area contributed by atoms with Crippen LogP contribution in [-0.4, -0.2) is 43.4 Å². The molecule has 26 heavy (non-hydrogen) atoms. The lowest BCUT2D eigenvalue weighted by Crippen LogP contribution is -2.47. The molecule has 0 amide bonds.